The minimum absolute atomic E-state index is 0.158. The molecule has 1 aliphatic rings. The van der Waals surface area contributed by atoms with E-state index in [1.54, 1.807) is 23.3 Å². The van der Waals surface area contributed by atoms with Crippen molar-refractivity contribution in [3.8, 4) is 16.3 Å². The van der Waals surface area contributed by atoms with Gasteiger partial charge in [0.15, 0.2) is 0 Å². The van der Waals surface area contributed by atoms with E-state index in [1.807, 2.05) is 48.0 Å². The number of rotatable bonds is 4. The summed E-state index contributed by atoms with van der Waals surface area (Å²) >= 11 is 3.06. The lowest BCUT2D eigenvalue weighted by Crippen LogP contribution is -2.26. The summed E-state index contributed by atoms with van der Waals surface area (Å²) < 4.78 is 5.44. The number of aryl methyl sites for hydroxylation is 1. The molecule has 2 aromatic heterocycles. The molecule has 1 aliphatic heterocycles. The molecule has 0 spiro atoms. The third-order valence-corrected chi connectivity index (χ3v) is 5.97. The van der Waals surface area contributed by atoms with Crippen molar-refractivity contribution in [3.05, 3.63) is 57.4 Å². The largest absolute Gasteiger partial charge is 0.510 e. The van der Waals surface area contributed by atoms with Crippen molar-refractivity contribution in [2.45, 2.75) is 6.92 Å². The number of aromatic nitrogens is 1. The number of hydrogen-bond acceptors (Lipinski definition) is 6. The SMILES string of the molecule is COc1ccc(C)cc1N1CC(O)=C(c2nc(-c3cccs3)cs2)C1=N. The smallest absolute Gasteiger partial charge is 0.142 e. The maximum Gasteiger partial charge on any atom is 0.142 e. The van der Waals surface area contributed by atoms with Crippen LogP contribution >= 0.6 is 22.7 Å². The zero-order chi connectivity index (χ0) is 18.3. The molecule has 4 rings (SSSR count). The highest BCUT2D eigenvalue weighted by molar-refractivity contribution is 7.14. The van der Waals surface area contributed by atoms with E-state index >= 15 is 0 Å². The quantitative estimate of drug-likeness (QED) is 0.668. The average Bonchev–Trinajstić information content (AvgIpc) is 3.35. The molecule has 3 heterocycles. The van der Waals surface area contributed by atoms with Crippen molar-refractivity contribution in [3.63, 3.8) is 0 Å². The molecule has 0 atom stereocenters. The van der Waals surface area contributed by atoms with Gasteiger partial charge in [-0.3, -0.25) is 5.41 Å². The summed E-state index contributed by atoms with van der Waals surface area (Å²) in [6.07, 6.45) is 0. The van der Waals surface area contributed by atoms with Crippen molar-refractivity contribution in [2.24, 2.45) is 0 Å². The number of thiophene rings is 1. The fourth-order valence-electron chi connectivity index (χ4n) is 2.95. The third kappa shape index (κ3) is 2.79. The van der Waals surface area contributed by atoms with Gasteiger partial charge in [0.05, 0.1) is 35.5 Å². The van der Waals surface area contributed by atoms with Gasteiger partial charge in [-0.05, 0) is 36.1 Å². The maximum atomic E-state index is 10.5. The molecule has 0 unspecified atom stereocenters. The van der Waals surface area contributed by atoms with Crippen molar-refractivity contribution >= 4 is 39.8 Å². The zero-order valence-electron chi connectivity index (χ0n) is 14.3. The number of benzene rings is 1. The molecule has 0 fully saturated rings. The average molecular weight is 383 g/mol. The molecular weight excluding hydrogens is 366 g/mol. The monoisotopic (exact) mass is 383 g/mol. The summed E-state index contributed by atoms with van der Waals surface area (Å²) in [4.78, 5) is 7.47. The van der Waals surface area contributed by atoms with Crippen LogP contribution < -0.4 is 9.64 Å². The van der Waals surface area contributed by atoms with Crippen LogP contribution in [0, 0.1) is 12.3 Å². The zero-order valence-corrected chi connectivity index (χ0v) is 15.9. The van der Waals surface area contributed by atoms with Crippen molar-refractivity contribution in [1.29, 1.82) is 5.41 Å². The fraction of sp³-hybridized carbons (Fsp3) is 0.158. The van der Waals surface area contributed by atoms with Crippen molar-refractivity contribution < 1.29 is 9.84 Å². The number of aliphatic hydroxyl groups excluding tert-OH is 1. The van der Waals surface area contributed by atoms with Crippen LogP contribution in [0.4, 0.5) is 5.69 Å². The minimum atomic E-state index is 0.158. The Morgan fingerprint density at radius 2 is 2.12 bits per heavy atom. The Kier molecular flexibility index (Phi) is 4.26. The lowest BCUT2D eigenvalue weighted by atomic mass is 10.2. The van der Waals surface area contributed by atoms with Crippen LogP contribution in [0.2, 0.25) is 0 Å². The van der Waals surface area contributed by atoms with Gasteiger partial charge in [0.2, 0.25) is 0 Å². The highest BCUT2D eigenvalue weighted by Crippen LogP contribution is 2.38. The van der Waals surface area contributed by atoms with Crippen LogP contribution in [0.25, 0.3) is 16.1 Å². The Hall–Kier alpha value is -2.64. The van der Waals surface area contributed by atoms with Crippen LogP contribution in [-0.2, 0) is 0 Å². The van der Waals surface area contributed by atoms with E-state index in [0.29, 0.717) is 16.3 Å². The van der Waals surface area contributed by atoms with E-state index in [2.05, 4.69) is 4.98 Å². The first-order chi connectivity index (χ1) is 12.6. The normalized spacial score (nSPS) is 14.4. The molecule has 0 amide bonds. The number of ether oxygens (including phenoxy) is 1. The Morgan fingerprint density at radius 1 is 1.27 bits per heavy atom. The Labute approximate surface area is 159 Å². The lowest BCUT2D eigenvalue weighted by molar-refractivity contribution is 0.406. The molecule has 1 aromatic carbocycles. The number of aliphatic hydroxyl groups is 1. The number of amidine groups is 1. The van der Waals surface area contributed by atoms with Gasteiger partial charge in [0.25, 0.3) is 0 Å². The number of anilines is 1. The van der Waals surface area contributed by atoms with E-state index in [0.717, 1.165) is 21.8 Å². The molecule has 26 heavy (non-hydrogen) atoms. The van der Waals surface area contributed by atoms with Crippen LogP contribution in [0.15, 0.2) is 46.9 Å². The summed E-state index contributed by atoms with van der Waals surface area (Å²) in [6.45, 7) is 2.23. The van der Waals surface area contributed by atoms with Crippen LogP contribution in [0.1, 0.15) is 10.6 Å². The van der Waals surface area contributed by atoms with Gasteiger partial charge >= 0.3 is 0 Å². The van der Waals surface area contributed by atoms with Crippen molar-refractivity contribution in [1.82, 2.24) is 4.98 Å². The molecule has 0 aliphatic carbocycles. The molecule has 0 saturated carbocycles. The predicted molar refractivity (Wildman–Crippen MR) is 108 cm³/mol. The summed E-state index contributed by atoms with van der Waals surface area (Å²) in [5, 5.41) is 23.8. The molecule has 0 saturated heterocycles. The standard InChI is InChI=1S/C19H17N3O2S2/c1-11-5-6-15(24-2)13(8-11)22-9-14(23)17(18(22)20)19-21-12(10-26-19)16-4-3-7-25-16/h3-8,10,20,23H,9H2,1-2H3. The molecule has 5 nitrogen and oxygen atoms in total. The van der Waals surface area contributed by atoms with Gasteiger partial charge in [0.1, 0.15) is 22.4 Å². The van der Waals surface area contributed by atoms with E-state index < -0.39 is 0 Å². The summed E-state index contributed by atoms with van der Waals surface area (Å²) in [6, 6.07) is 9.80. The van der Waals surface area contributed by atoms with E-state index in [1.165, 1.54) is 11.3 Å². The Bertz CT molecular complexity index is 1010. The van der Waals surface area contributed by atoms with Crippen LogP contribution in [0.5, 0.6) is 5.75 Å². The number of methoxy groups -OCH3 is 1. The van der Waals surface area contributed by atoms with E-state index in [9.17, 15) is 5.11 Å². The van der Waals surface area contributed by atoms with Gasteiger partial charge in [-0.1, -0.05) is 12.1 Å². The summed E-state index contributed by atoms with van der Waals surface area (Å²) in [5.74, 6) is 1.07. The number of nitrogens with one attached hydrogen (secondary N) is 1. The highest BCUT2D eigenvalue weighted by atomic mass is 32.1. The molecular formula is C19H17N3O2S2. The summed E-state index contributed by atoms with van der Waals surface area (Å²) in [5.41, 5.74) is 3.20. The Morgan fingerprint density at radius 3 is 2.85 bits per heavy atom. The lowest BCUT2D eigenvalue weighted by Gasteiger charge is -2.21. The molecule has 0 radical (unpaired) electrons. The number of thiazole rings is 1. The fourth-order valence-corrected chi connectivity index (χ4v) is 4.59. The number of nitrogens with zero attached hydrogens (tertiary/aromatic N) is 2. The third-order valence-electron chi connectivity index (χ3n) is 4.22. The second kappa shape index (κ2) is 6.59. The van der Waals surface area contributed by atoms with E-state index in [-0.39, 0.29) is 18.1 Å². The first-order valence-corrected chi connectivity index (χ1v) is 9.77. The van der Waals surface area contributed by atoms with Crippen LogP contribution in [-0.4, -0.2) is 29.6 Å². The molecule has 132 valence electrons. The number of hydrogen-bond donors (Lipinski definition) is 2. The summed E-state index contributed by atoms with van der Waals surface area (Å²) in [7, 11) is 1.61. The molecule has 7 heteroatoms. The topological polar surface area (TPSA) is 69.4 Å². The predicted octanol–water partition coefficient (Wildman–Crippen LogP) is 4.96. The van der Waals surface area contributed by atoms with Gasteiger partial charge in [-0.25, -0.2) is 4.98 Å². The van der Waals surface area contributed by atoms with Gasteiger partial charge < -0.3 is 14.7 Å². The second-order valence-corrected chi connectivity index (χ2v) is 7.75. The first-order valence-electron chi connectivity index (χ1n) is 8.01. The first kappa shape index (κ1) is 16.8. The minimum Gasteiger partial charge on any atom is -0.510 e. The van der Waals surface area contributed by atoms with Crippen molar-refractivity contribution in [2.75, 3.05) is 18.6 Å². The molecule has 2 N–H and O–H groups in total. The Balaban J connectivity index is 1.69. The van der Waals surface area contributed by atoms with E-state index in [4.69, 9.17) is 10.1 Å². The second-order valence-electron chi connectivity index (χ2n) is 5.95. The maximum absolute atomic E-state index is 10.5. The van der Waals surface area contributed by atoms with Gasteiger partial charge in [0, 0.05) is 5.38 Å². The molecule has 3 aromatic rings. The van der Waals surface area contributed by atoms with Gasteiger partial charge in [-0.15, -0.1) is 22.7 Å². The molecule has 0 bridgehead atoms. The highest BCUT2D eigenvalue weighted by Gasteiger charge is 2.32. The van der Waals surface area contributed by atoms with Gasteiger partial charge in [-0.2, -0.15) is 0 Å². The van der Waals surface area contributed by atoms with Crippen LogP contribution in [0.3, 0.4) is 0 Å².